The lowest BCUT2D eigenvalue weighted by atomic mass is 9.87. The first kappa shape index (κ1) is 20.0. The van der Waals surface area contributed by atoms with Crippen LogP contribution in [0.25, 0.3) is 6.08 Å². The van der Waals surface area contributed by atoms with Crippen molar-refractivity contribution in [3.63, 3.8) is 0 Å². The van der Waals surface area contributed by atoms with E-state index in [0.717, 1.165) is 18.4 Å². The Labute approximate surface area is 158 Å². The molecule has 0 aliphatic heterocycles. The van der Waals surface area contributed by atoms with Gasteiger partial charge in [0.25, 0.3) is 0 Å². The van der Waals surface area contributed by atoms with E-state index >= 15 is 0 Å². The standard InChI is InChI=1S/C24H31NO/c1-6-18-8-12-20(7-2)21(16-18)17-25-23(26)15-11-19-9-13-22(14-10-19)24(3,4)5/h8-16H,6-7,17H2,1-5H3,(H,25,26)/b15-11+. The van der Waals surface area contributed by atoms with Crippen LogP contribution >= 0.6 is 0 Å². The van der Waals surface area contributed by atoms with Crippen LogP contribution in [-0.4, -0.2) is 5.91 Å². The zero-order valence-corrected chi connectivity index (χ0v) is 16.7. The predicted octanol–water partition coefficient (Wildman–Crippen LogP) is 5.44. The Morgan fingerprint density at radius 3 is 2.23 bits per heavy atom. The molecule has 0 unspecified atom stereocenters. The van der Waals surface area contributed by atoms with E-state index in [1.54, 1.807) is 6.08 Å². The molecule has 0 bridgehead atoms. The van der Waals surface area contributed by atoms with Gasteiger partial charge in [-0.2, -0.15) is 0 Å². The molecule has 0 saturated heterocycles. The van der Waals surface area contributed by atoms with Crippen LogP contribution in [0.15, 0.2) is 48.5 Å². The number of carbonyl (C=O) groups excluding carboxylic acids is 1. The normalized spacial score (nSPS) is 11.7. The van der Waals surface area contributed by atoms with Crippen LogP contribution in [0.5, 0.6) is 0 Å². The number of amides is 1. The van der Waals surface area contributed by atoms with Gasteiger partial charge in [0.1, 0.15) is 0 Å². The molecule has 0 saturated carbocycles. The SMILES string of the molecule is CCc1ccc(CC)c(CNC(=O)/C=C/c2ccc(C(C)(C)C)cc2)c1. The van der Waals surface area contributed by atoms with E-state index in [1.165, 1.54) is 22.3 Å². The number of hydrogen-bond donors (Lipinski definition) is 1. The monoisotopic (exact) mass is 349 g/mol. The molecule has 138 valence electrons. The lowest BCUT2D eigenvalue weighted by molar-refractivity contribution is -0.116. The second kappa shape index (κ2) is 8.84. The van der Waals surface area contributed by atoms with Gasteiger partial charge >= 0.3 is 0 Å². The largest absolute Gasteiger partial charge is 0.348 e. The second-order valence-corrected chi connectivity index (χ2v) is 7.73. The predicted molar refractivity (Wildman–Crippen MR) is 111 cm³/mol. The zero-order valence-electron chi connectivity index (χ0n) is 16.7. The summed E-state index contributed by atoms with van der Waals surface area (Å²) < 4.78 is 0. The molecule has 2 rings (SSSR count). The molecule has 0 spiro atoms. The van der Waals surface area contributed by atoms with E-state index in [0.29, 0.717) is 6.54 Å². The van der Waals surface area contributed by atoms with Gasteiger partial charge in [-0.3, -0.25) is 4.79 Å². The van der Waals surface area contributed by atoms with Crippen molar-refractivity contribution in [2.45, 2.75) is 59.4 Å². The number of carbonyl (C=O) groups is 1. The first-order chi connectivity index (χ1) is 12.3. The summed E-state index contributed by atoms with van der Waals surface area (Å²) in [6.07, 6.45) is 5.47. The Hall–Kier alpha value is -2.35. The van der Waals surface area contributed by atoms with E-state index in [4.69, 9.17) is 0 Å². The van der Waals surface area contributed by atoms with Gasteiger partial charge in [0.05, 0.1) is 0 Å². The highest BCUT2D eigenvalue weighted by atomic mass is 16.1. The van der Waals surface area contributed by atoms with Crippen molar-refractivity contribution < 1.29 is 4.79 Å². The molecule has 1 amide bonds. The van der Waals surface area contributed by atoms with Gasteiger partial charge in [0, 0.05) is 12.6 Å². The van der Waals surface area contributed by atoms with Crippen molar-refractivity contribution in [1.29, 1.82) is 0 Å². The lowest BCUT2D eigenvalue weighted by Crippen LogP contribution is -2.21. The molecule has 0 atom stereocenters. The molecular formula is C24H31NO. The number of rotatable bonds is 6. The van der Waals surface area contributed by atoms with Gasteiger partial charge in [-0.25, -0.2) is 0 Å². The number of benzene rings is 2. The molecule has 0 aliphatic rings. The van der Waals surface area contributed by atoms with E-state index in [1.807, 2.05) is 6.08 Å². The third kappa shape index (κ3) is 5.59. The average molecular weight is 350 g/mol. The quantitative estimate of drug-likeness (QED) is 0.691. The number of hydrogen-bond acceptors (Lipinski definition) is 1. The van der Waals surface area contributed by atoms with E-state index in [-0.39, 0.29) is 11.3 Å². The first-order valence-corrected chi connectivity index (χ1v) is 9.50. The lowest BCUT2D eigenvalue weighted by Gasteiger charge is -2.18. The van der Waals surface area contributed by atoms with Gasteiger partial charge < -0.3 is 5.32 Å². The van der Waals surface area contributed by atoms with Crippen LogP contribution in [-0.2, 0) is 29.6 Å². The molecule has 0 fully saturated rings. The fraction of sp³-hybridized carbons (Fsp3) is 0.375. The van der Waals surface area contributed by atoms with Crippen LogP contribution in [0.3, 0.4) is 0 Å². The average Bonchev–Trinajstić information content (AvgIpc) is 2.64. The van der Waals surface area contributed by atoms with E-state index in [9.17, 15) is 4.79 Å². The van der Waals surface area contributed by atoms with Gasteiger partial charge in [0.15, 0.2) is 0 Å². The molecule has 2 heteroatoms. The van der Waals surface area contributed by atoms with Crippen LogP contribution in [0.4, 0.5) is 0 Å². The summed E-state index contributed by atoms with van der Waals surface area (Å²) in [5.74, 6) is -0.0612. The molecule has 0 radical (unpaired) electrons. The highest BCUT2D eigenvalue weighted by molar-refractivity contribution is 5.91. The van der Waals surface area contributed by atoms with Gasteiger partial charge in [-0.1, -0.05) is 77.1 Å². The smallest absolute Gasteiger partial charge is 0.244 e. The van der Waals surface area contributed by atoms with Crippen molar-refractivity contribution in [3.8, 4) is 0 Å². The first-order valence-electron chi connectivity index (χ1n) is 9.50. The Bertz CT molecular complexity index is 764. The third-order valence-corrected chi connectivity index (χ3v) is 4.72. The Morgan fingerprint density at radius 1 is 0.962 bits per heavy atom. The minimum absolute atomic E-state index is 0.0612. The summed E-state index contributed by atoms with van der Waals surface area (Å²) in [6, 6.07) is 14.9. The molecule has 2 nitrogen and oxygen atoms in total. The Kier molecular flexibility index (Phi) is 6.79. The molecule has 1 N–H and O–H groups in total. The van der Waals surface area contributed by atoms with Crippen molar-refractivity contribution in [2.24, 2.45) is 0 Å². The summed E-state index contributed by atoms with van der Waals surface area (Å²) in [7, 11) is 0. The van der Waals surface area contributed by atoms with Crippen LogP contribution in [0.2, 0.25) is 0 Å². The van der Waals surface area contributed by atoms with E-state index < -0.39 is 0 Å². The van der Waals surface area contributed by atoms with Gasteiger partial charge in [-0.15, -0.1) is 0 Å². The minimum atomic E-state index is -0.0612. The highest BCUT2D eigenvalue weighted by Crippen LogP contribution is 2.22. The highest BCUT2D eigenvalue weighted by Gasteiger charge is 2.12. The molecule has 2 aromatic carbocycles. The van der Waals surface area contributed by atoms with Crippen LogP contribution < -0.4 is 5.32 Å². The molecule has 26 heavy (non-hydrogen) atoms. The molecule has 0 heterocycles. The van der Waals surface area contributed by atoms with Crippen LogP contribution in [0, 0.1) is 0 Å². The maximum atomic E-state index is 12.2. The molecule has 0 aliphatic carbocycles. The Morgan fingerprint density at radius 2 is 1.65 bits per heavy atom. The third-order valence-electron chi connectivity index (χ3n) is 4.72. The topological polar surface area (TPSA) is 29.1 Å². The zero-order chi connectivity index (χ0) is 19.2. The summed E-state index contributed by atoms with van der Waals surface area (Å²) in [4.78, 5) is 12.2. The van der Waals surface area contributed by atoms with Crippen molar-refractivity contribution in [2.75, 3.05) is 0 Å². The van der Waals surface area contributed by atoms with Crippen LogP contribution in [0.1, 0.15) is 62.4 Å². The summed E-state index contributed by atoms with van der Waals surface area (Å²) in [5.41, 5.74) is 6.29. The number of nitrogens with one attached hydrogen (secondary N) is 1. The van der Waals surface area contributed by atoms with Crippen molar-refractivity contribution in [1.82, 2.24) is 5.32 Å². The van der Waals surface area contributed by atoms with Crippen molar-refractivity contribution in [3.05, 3.63) is 76.4 Å². The minimum Gasteiger partial charge on any atom is -0.348 e. The molecule has 0 aromatic heterocycles. The van der Waals surface area contributed by atoms with E-state index in [2.05, 4.69) is 82.4 Å². The second-order valence-electron chi connectivity index (χ2n) is 7.73. The molecular weight excluding hydrogens is 318 g/mol. The maximum Gasteiger partial charge on any atom is 0.244 e. The molecule has 2 aromatic rings. The van der Waals surface area contributed by atoms with Crippen molar-refractivity contribution >= 4 is 12.0 Å². The fourth-order valence-corrected chi connectivity index (χ4v) is 2.92. The summed E-state index contributed by atoms with van der Waals surface area (Å²) in [6.45, 7) is 11.5. The summed E-state index contributed by atoms with van der Waals surface area (Å²) >= 11 is 0. The van der Waals surface area contributed by atoms with Gasteiger partial charge in [-0.05, 0) is 52.1 Å². The maximum absolute atomic E-state index is 12.2. The fourth-order valence-electron chi connectivity index (χ4n) is 2.92. The Balaban J connectivity index is 1.97. The summed E-state index contributed by atoms with van der Waals surface area (Å²) in [5, 5.41) is 3.01. The van der Waals surface area contributed by atoms with Gasteiger partial charge in [0.2, 0.25) is 5.91 Å². The number of aryl methyl sites for hydroxylation is 2.